The van der Waals surface area contributed by atoms with Gasteiger partial charge in [0, 0.05) is 29.4 Å². The molecule has 0 spiro atoms. The molecular formula is C14H13FN2O2. The molecule has 0 bridgehead atoms. The molecule has 1 heterocycles. The Kier molecular flexibility index (Phi) is 3.75. The van der Waals surface area contributed by atoms with Crippen molar-refractivity contribution < 1.29 is 9.18 Å². The number of rotatable bonds is 3. The van der Waals surface area contributed by atoms with Gasteiger partial charge in [0.05, 0.1) is 0 Å². The molecule has 5 heteroatoms. The van der Waals surface area contributed by atoms with Gasteiger partial charge in [-0.1, -0.05) is 18.2 Å². The van der Waals surface area contributed by atoms with Crippen molar-refractivity contribution in [3.05, 3.63) is 69.4 Å². The molecule has 0 fully saturated rings. The molecule has 1 aromatic heterocycles. The highest BCUT2D eigenvalue weighted by Crippen LogP contribution is 2.06. The Morgan fingerprint density at radius 3 is 2.74 bits per heavy atom. The van der Waals surface area contributed by atoms with Crippen molar-refractivity contribution in [2.24, 2.45) is 0 Å². The van der Waals surface area contributed by atoms with E-state index in [1.807, 2.05) is 0 Å². The van der Waals surface area contributed by atoms with E-state index >= 15 is 0 Å². The van der Waals surface area contributed by atoms with Crippen LogP contribution < -0.4 is 10.9 Å². The van der Waals surface area contributed by atoms with Crippen LogP contribution in [0.15, 0.2) is 41.2 Å². The molecule has 0 saturated carbocycles. The van der Waals surface area contributed by atoms with Crippen LogP contribution in [0, 0.1) is 12.7 Å². The van der Waals surface area contributed by atoms with Crippen LogP contribution in [0.25, 0.3) is 0 Å². The lowest BCUT2D eigenvalue weighted by Crippen LogP contribution is -2.25. The molecule has 0 aliphatic carbocycles. The maximum absolute atomic E-state index is 13.4. The van der Waals surface area contributed by atoms with Gasteiger partial charge in [0.15, 0.2) is 0 Å². The minimum atomic E-state index is -0.405. The first-order valence-corrected chi connectivity index (χ1v) is 5.79. The van der Waals surface area contributed by atoms with Crippen LogP contribution in [0.2, 0.25) is 0 Å². The second-order valence-electron chi connectivity index (χ2n) is 4.19. The summed E-state index contributed by atoms with van der Waals surface area (Å²) in [6.45, 7) is 1.77. The van der Waals surface area contributed by atoms with Gasteiger partial charge in [-0.3, -0.25) is 9.59 Å². The second-order valence-corrected chi connectivity index (χ2v) is 4.19. The van der Waals surface area contributed by atoms with Crippen molar-refractivity contribution in [1.29, 1.82) is 0 Å². The van der Waals surface area contributed by atoms with Crippen molar-refractivity contribution in [1.82, 2.24) is 10.3 Å². The topological polar surface area (TPSA) is 62.0 Å². The average molecular weight is 260 g/mol. The number of aryl methyl sites for hydroxylation is 1. The van der Waals surface area contributed by atoms with Gasteiger partial charge >= 0.3 is 0 Å². The van der Waals surface area contributed by atoms with Crippen LogP contribution in [-0.2, 0) is 6.54 Å². The molecule has 0 aliphatic heterocycles. The van der Waals surface area contributed by atoms with Crippen LogP contribution >= 0.6 is 0 Å². The molecular weight excluding hydrogens is 247 g/mol. The van der Waals surface area contributed by atoms with Gasteiger partial charge in [-0.2, -0.15) is 0 Å². The number of halogens is 1. The van der Waals surface area contributed by atoms with Gasteiger partial charge in [0.25, 0.3) is 5.91 Å². The Morgan fingerprint density at radius 2 is 2.05 bits per heavy atom. The maximum Gasteiger partial charge on any atom is 0.251 e. The molecule has 0 saturated heterocycles. The summed E-state index contributed by atoms with van der Waals surface area (Å²) in [5.41, 5.74) is 0.926. The third-order valence-corrected chi connectivity index (χ3v) is 2.64. The predicted octanol–water partition coefficient (Wildman–Crippen LogP) is 1.75. The van der Waals surface area contributed by atoms with Gasteiger partial charge in [-0.25, -0.2) is 4.39 Å². The molecule has 19 heavy (non-hydrogen) atoms. The fraction of sp³-hybridized carbons (Fsp3) is 0.143. The normalized spacial score (nSPS) is 10.2. The molecule has 2 rings (SSSR count). The number of aromatic amines is 1. The number of nitrogens with one attached hydrogen (secondary N) is 2. The van der Waals surface area contributed by atoms with Crippen molar-refractivity contribution in [3.8, 4) is 0 Å². The Labute approximate surface area is 109 Å². The van der Waals surface area contributed by atoms with E-state index in [0.29, 0.717) is 11.3 Å². The Balaban J connectivity index is 2.10. The van der Waals surface area contributed by atoms with E-state index in [1.54, 1.807) is 31.2 Å². The zero-order valence-electron chi connectivity index (χ0n) is 10.4. The number of carbonyl (C=O) groups is 1. The van der Waals surface area contributed by atoms with E-state index in [9.17, 15) is 14.0 Å². The molecule has 98 valence electrons. The van der Waals surface area contributed by atoms with Crippen LogP contribution in [0.3, 0.4) is 0 Å². The second kappa shape index (κ2) is 5.48. The van der Waals surface area contributed by atoms with Crippen molar-refractivity contribution >= 4 is 5.91 Å². The lowest BCUT2D eigenvalue weighted by Gasteiger charge is -2.06. The fourth-order valence-corrected chi connectivity index (χ4v) is 1.73. The SMILES string of the molecule is Cc1cc(C(=O)NCc2ccccc2F)cc(=O)[nH]1. The van der Waals surface area contributed by atoms with Gasteiger partial charge in [0.1, 0.15) is 5.82 Å². The largest absolute Gasteiger partial charge is 0.348 e. The summed E-state index contributed by atoms with van der Waals surface area (Å²) in [5, 5.41) is 2.58. The Hall–Kier alpha value is -2.43. The summed E-state index contributed by atoms with van der Waals surface area (Å²) >= 11 is 0. The van der Waals surface area contributed by atoms with E-state index < -0.39 is 5.91 Å². The quantitative estimate of drug-likeness (QED) is 0.883. The zero-order valence-corrected chi connectivity index (χ0v) is 10.4. The first-order chi connectivity index (χ1) is 9.06. The molecule has 0 unspecified atom stereocenters. The molecule has 0 radical (unpaired) electrons. The number of hydrogen-bond acceptors (Lipinski definition) is 2. The van der Waals surface area contributed by atoms with Crippen LogP contribution in [0.4, 0.5) is 4.39 Å². The minimum Gasteiger partial charge on any atom is -0.348 e. The number of benzene rings is 1. The average Bonchev–Trinajstić information content (AvgIpc) is 2.36. The number of hydrogen-bond donors (Lipinski definition) is 2. The standard InChI is InChI=1S/C14H13FN2O2/c1-9-6-11(7-13(18)17-9)14(19)16-8-10-4-2-3-5-12(10)15/h2-7H,8H2,1H3,(H,16,19)(H,17,18). The number of H-pyrrole nitrogens is 1. The third-order valence-electron chi connectivity index (χ3n) is 2.64. The summed E-state index contributed by atoms with van der Waals surface area (Å²) in [6.07, 6.45) is 0. The lowest BCUT2D eigenvalue weighted by atomic mass is 10.2. The van der Waals surface area contributed by atoms with Crippen LogP contribution in [0.5, 0.6) is 0 Å². The number of pyridine rings is 1. The fourth-order valence-electron chi connectivity index (χ4n) is 1.73. The van der Waals surface area contributed by atoms with Gasteiger partial charge in [-0.15, -0.1) is 0 Å². The highest BCUT2D eigenvalue weighted by molar-refractivity contribution is 5.94. The molecule has 0 atom stereocenters. The summed E-state index contributed by atoms with van der Waals surface area (Å²) in [6, 6.07) is 8.99. The molecule has 4 nitrogen and oxygen atoms in total. The summed E-state index contributed by atoms with van der Waals surface area (Å²) in [4.78, 5) is 25.6. The van der Waals surface area contributed by atoms with Crippen molar-refractivity contribution in [2.75, 3.05) is 0 Å². The Morgan fingerprint density at radius 1 is 1.32 bits per heavy atom. The maximum atomic E-state index is 13.4. The molecule has 2 aromatic rings. The number of aromatic nitrogens is 1. The third kappa shape index (κ3) is 3.28. The first-order valence-electron chi connectivity index (χ1n) is 5.79. The highest BCUT2D eigenvalue weighted by Gasteiger charge is 2.08. The van der Waals surface area contributed by atoms with E-state index in [1.165, 1.54) is 12.1 Å². The Bertz CT molecular complexity index is 664. The number of amides is 1. The molecule has 2 N–H and O–H groups in total. The molecule has 1 amide bonds. The van der Waals surface area contributed by atoms with Gasteiger partial charge in [0.2, 0.25) is 5.56 Å². The summed E-state index contributed by atoms with van der Waals surface area (Å²) in [5.74, 6) is -0.776. The summed E-state index contributed by atoms with van der Waals surface area (Å²) in [7, 11) is 0. The number of carbonyl (C=O) groups excluding carboxylic acids is 1. The lowest BCUT2D eigenvalue weighted by molar-refractivity contribution is 0.0950. The van der Waals surface area contributed by atoms with Gasteiger partial charge < -0.3 is 10.3 Å². The molecule has 1 aromatic carbocycles. The van der Waals surface area contributed by atoms with Crippen LogP contribution in [0.1, 0.15) is 21.6 Å². The predicted molar refractivity (Wildman–Crippen MR) is 69.4 cm³/mol. The van der Waals surface area contributed by atoms with E-state index in [4.69, 9.17) is 0 Å². The van der Waals surface area contributed by atoms with E-state index in [-0.39, 0.29) is 23.5 Å². The van der Waals surface area contributed by atoms with E-state index in [2.05, 4.69) is 10.3 Å². The molecule has 0 aliphatic rings. The minimum absolute atomic E-state index is 0.0807. The monoisotopic (exact) mass is 260 g/mol. The zero-order chi connectivity index (χ0) is 13.8. The highest BCUT2D eigenvalue weighted by atomic mass is 19.1. The van der Waals surface area contributed by atoms with Crippen molar-refractivity contribution in [2.45, 2.75) is 13.5 Å². The smallest absolute Gasteiger partial charge is 0.251 e. The van der Waals surface area contributed by atoms with Gasteiger partial charge in [-0.05, 0) is 19.1 Å². The first kappa shape index (κ1) is 13.0. The van der Waals surface area contributed by atoms with Crippen LogP contribution in [-0.4, -0.2) is 10.9 Å². The van der Waals surface area contributed by atoms with Crippen molar-refractivity contribution in [3.63, 3.8) is 0 Å². The van der Waals surface area contributed by atoms with E-state index in [0.717, 1.165) is 0 Å². The summed E-state index contributed by atoms with van der Waals surface area (Å²) < 4.78 is 13.4.